The highest BCUT2D eigenvalue weighted by Crippen LogP contribution is 2.44. The van der Waals surface area contributed by atoms with Crippen LogP contribution in [0.25, 0.3) is 11.1 Å². The molecule has 4 aromatic rings. The molecule has 8 heteroatoms. The Kier molecular flexibility index (Phi) is 6.36. The summed E-state index contributed by atoms with van der Waals surface area (Å²) in [5, 5.41) is 12.2. The first-order valence-electron chi connectivity index (χ1n) is 12.8. The van der Waals surface area contributed by atoms with Crippen molar-refractivity contribution >= 4 is 29.6 Å². The summed E-state index contributed by atoms with van der Waals surface area (Å²) in [5.41, 5.74) is 5.98. The zero-order chi connectivity index (χ0) is 27.8. The SMILES string of the molecule is O=C(NC(Cc1ccc(N2C(=O)c3ccccc3C2=O)cc1)C(=O)O)OCC1c2ccccc2-c2ccccc21. The van der Waals surface area contributed by atoms with E-state index in [1.165, 1.54) is 0 Å². The fraction of sp³-hybridized carbons (Fsp3) is 0.125. The molecule has 0 aromatic heterocycles. The second-order valence-corrected chi connectivity index (χ2v) is 9.72. The van der Waals surface area contributed by atoms with Gasteiger partial charge in [0.25, 0.3) is 11.8 Å². The first-order valence-corrected chi connectivity index (χ1v) is 12.8. The van der Waals surface area contributed by atoms with Gasteiger partial charge >= 0.3 is 12.1 Å². The molecule has 0 radical (unpaired) electrons. The molecule has 6 rings (SSSR count). The third-order valence-corrected chi connectivity index (χ3v) is 7.36. The molecule has 0 bridgehead atoms. The fourth-order valence-electron chi connectivity index (χ4n) is 5.42. The van der Waals surface area contributed by atoms with Crippen LogP contribution in [0.2, 0.25) is 0 Å². The summed E-state index contributed by atoms with van der Waals surface area (Å²) >= 11 is 0. The maximum atomic E-state index is 12.7. The first kappa shape index (κ1) is 25.1. The Morgan fingerprint density at radius 2 is 1.25 bits per heavy atom. The number of fused-ring (bicyclic) bond motifs is 4. The van der Waals surface area contributed by atoms with Crippen LogP contribution in [-0.4, -0.2) is 41.6 Å². The first-order chi connectivity index (χ1) is 19.4. The minimum atomic E-state index is -1.24. The number of carbonyl (C=O) groups excluding carboxylic acids is 3. The lowest BCUT2D eigenvalue weighted by Crippen LogP contribution is -2.42. The van der Waals surface area contributed by atoms with Gasteiger partial charge in [0.1, 0.15) is 12.6 Å². The number of amides is 3. The van der Waals surface area contributed by atoms with Crippen LogP contribution in [0.1, 0.15) is 43.3 Å². The van der Waals surface area contributed by atoms with E-state index in [-0.39, 0.29) is 18.9 Å². The van der Waals surface area contributed by atoms with Crippen LogP contribution in [0.4, 0.5) is 10.5 Å². The van der Waals surface area contributed by atoms with Gasteiger partial charge in [-0.05, 0) is 52.1 Å². The topological polar surface area (TPSA) is 113 Å². The van der Waals surface area contributed by atoms with Crippen molar-refractivity contribution in [1.82, 2.24) is 5.32 Å². The van der Waals surface area contributed by atoms with E-state index in [1.807, 2.05) is 48.5 Å². The van der Waals surface area contributed by atoms with E-state index in [0.717, 1.165) is 27.2 Å². The molecule has 1 aliphatic carbocycles. The maximum absolute atomic E-state index is 12.7. The number of nitrogens with one attached hydrogen (secondary N) is 1. The highest BCUT2D eigenvalue weighted by atomic mass is 16.5. The van der Waals surface area contributed by atoms with Gasteiger partial charge in [-0.25, -0.2) is 14.5 Å². The molecule has 1 heterocycles. The second-order valence-electron chi connectivity index (χ2n) is 9.72. The van der Waals surface area contributed by atoms with Crippen LogP contribution in [0.5, 0.6) is 0 Å². The molecule has 0 fully saturated rings. The van der Waals surface area contributed by atoms with Crippen LogP contribution < -0.4 is 10.2 Å². The summed E-state index contributed by atoms with van der Waals surface area (Å²) in [7, 11) is 0. The lowest BCUT2D eigenvalue weighted by molar-refractivity contribution is -0.139. The van der Waals surface area contributed by atoms with Crippen molar-refractivity contribution in [2.75, 3.05) is 11.5 Å². The van der Waals surface area contributed by atoms with Gasteiger partial charge in [0.2, 0.25) is 0 Å². The second kappa shape index (κ2) is 10.1. The Hall–Kier alpha value is -5.24. The molecule has 0 saturated carbocycles. The number of hydrogen-bond donors (Lipinski definition) is 2. The van der Waals surface area contributed by atoms with Crippen LogP contribution in [0.15, 0.2) is 97.1 Å². The predicted molar refractivity (Wildman–Crippen MR) is 147 cm³/mol. The van der Waals surface area contributed by atoms with Crippen LogP contribution in [-0.2, 0) is 16.0 Å². The Morgan fingerprint density at radius 1 is 0.750 bits per heavy atom. The Bertz CT molecular complexity index is 1580. The largest absolute Gasteiger partial charge is 0.480 e. The minimum Gasteiger partial charge on any atom is -0.480 e. The fourth-order valence-corrected chi connectivity index (χ4v) is 5.42. The Labute approximate surface area is 229 Å². The van der Waals surface area contributed by atoms with Gasteiger partial charge in [-0.1, -0.05) is 72.8 Å². The number of alkyl carbamates (subject to hydrolysis) is 1. The summed E-state index contributed by atoms with van der Waals surface area (Å²) in [6, 6.07) is 27.7. The number of imide groups is 1. The molecule has 8 nitrogen and oxygen atoms in total. The maximum Gasteiger partial charge on any atom is 0.407 e. The number of anilines is 1. The van der Waals surface area contributed by atoms with Crippen molar-refractivity contribution in [3.05, 3.63) is 125 Å². The average molecular weight is 533 g/mol. The molecule has 4 aromatic carbocycles. The van der Waals surface area contributed by atoms with Crippen molar-refractivity contribution in [2.24, 2.45) is 0 Å². The van der Waals surface area contributed by atoms with Gasteiger partial charge in [0.05, 0.1) is 16.8 Å². The summed E-state index contributed by atoms with van der Waals surface area (Å²) in [6.07, 6.45) is -0.834. The van der Waals surface area contributed by atoms with E-state index >= 15 is 0 Å². The van der Waals surface area contributed by atoms with Crippen LogP contribution >= 0.6 is 0 Å². The smallest absolute Gasteiger partial charge is 0.407 e. The summed E-state index contributed by atoms with van der Waals surface area (Å²) in [5.74, 6) is -2.17. The molecule has 3 amide bonds. The molecule has 198 valence electrons. The van der Waals surface area contributed by atoms with Gasteiger partial charge < -0.3 is 15.2 Å². The van der Waals surface area contributed by atoms with Crippen LogP contribution in [0.3, 0.4) is 0 Å². The normalized spacial score (nSPS) is 14.3. The van der Waals surface area contributed by atoms with E-state index in [1.54, 1.807) is 48.5 Å². The van der Waals surface area contributed by atoms with E-state index in [9.17, 15) is 24.3 Å². The molecule has 2 aliphatic rings. The molecule has 1 unspecified atom stereocenters. The quantitative estimate of drug-likeness (QED) is 0.323. The number of aliphatic carboxylic acids is 1. The van der Waals surface area contributed by atoms with E-state index in [2.05, 4.69) is 5.32 Å². The number of hydrogen-bond acceptors (Lipinski definition) is 5. The van der Waals surface area contributed by atoms with Crippen molar-refractivity contribution < 1.29 is 29.0 Å². The number of rotatable bonds is 7. The van der Waals surface area contributed by atoms with Gasteiger partial charge in [-0.3, -0.25) is 9.59 Å². The van der Waals surface area contributed by atoms with E-state index in [4.69, 9.17) is 4.74 Å². The summed E-state index contributed by atoms with van der Waals surface area (Å²) in [6.45, 7) is 0.0706. The number of ether oxygens (including phenoxy) is 1. The zero-order valence-corrected chi connectivity index (χ0v) is 21.2. The van der Waals surface area contributed by atoms with Gasteiger partial charge in [0, 0.05) is 12.3 Å². The van der Waals surface area contributed by atoms with Gasteiger partial charge in [-0.15, -0.1) is 0 Å². The van der Waals surface area contributed by atoms with Gasteiger partial charge in [0.15, 0.2) is 0 Å². The average Bonchev–Trinajstić information content (AvgIpc) is 3.43. The van der Waals surface area contributed by atoms with E-state index in [0.29, 0.717) is 22.4 Å². The van der Waals surface area contributed by atoms with Crippen LogP contribution in [0, 0.1) is 0 Å². The van der Waals surface area contributed by atoms with Crippen molar-refractivity contribution in [2.45, 2.75) is 18.4 Å². The van der Waals surface area contributed by atoms with Gasteiger partial charge in [-0.2, -0.15) is 0 Å². The third-order valence-electron chi connectivity index (χ3n) is 7.36. The summed E-state index contributed by atoms with van der Waals surface area (Å²) < 4.78 is 5.50. The number of nitrogens with zero attached hydrogens (tertiary/aromatic N) is 1. The molecule has 2 N–H and O–H groups in total. The molecule has 1 atom stereocenters. The molecule has 0 spiro atoms. The number of carbonyl (C=O) groups is 4. The predicted octanol–water partition coefficient (Wildman–Crippen LogP) is 5.02. The molecule has 1 aliphatic heterocycles. The third kappa shape index (κ3) is 4.39. The number of carboxylic acids is 1. The highest BCUT2D eigenvalue weighted by molar-refractivity contribution is 6.34. The lowest BCUT2D eigenvalue weighted by Gasteiger charge is -2.18. The van der Waals surface area contributed by atoms with Crippen molar-refractivity contribution in [3.63, 3.8) is 0 Å². The minimum absolute atomic E-state index is 0.0120. The lowest BCUT2D eigenvalue weighted by atomic mass is 9.98. The molecule has 40 heavy (non-hydrogen) atoms. The van der Waals surface area contributed by atoms with Crippen molar-refractivity contribution in [1.29, 1.82) is 0 Å². The Morgan fingerprint density at radius 3 is 1.77 bits per heavy atom. The van der Waals surface area contributed by atoms with Crippen molar-refractivity contribution in [3.8, 4) is 11.1 Å². The molecule has 0 saturated heterocycles. The number of carboxylic acid groups (broad SMARTS) is 1. The monoisotopic (exact) mass is 532 g/mol. The molecular formula is C32H24N2O6. The highest BCUT2D eigenvalue weighted by Gasteiger charge is 2.36. The molecular weight excluding hydrogens is 508 g/mol. The zero-order valence-electron chi connectivity index (χ0n) is 21.2. The van der Waals surface area contributed by atoms with E-state index < -0.39 is 29.9 Å². The summed E-state index contributed by atoms with van der Waals surface area (Å²) in [4.78, 5) is 51.2. The standard InChI is InChI=1S/C32H24N2O6/c35-29-25-11-5-6-12-26(25)30(36)34(29)20-15-13-19(14-16-20)17-28(31(37)38)33-32(39)40-18-27-23-9-3-1-7-21(23)22-8-2-4-10-24(22)27/h1-16,27-28H,17-18H2,(H,33,39)(H,37,38). The Balaban J connectivity index is 1.10. The number of benzene rings is 4.